The third-order valence-corrected chi connectivity index (χ3v) is 2.56. The zero-order chi connectivity index (χ0) is 8.39. The molecule has 2 atom stereocenters. The lowest BCUT2D eigenvalue weighted by molar-refractivity contribution is 0.339. The van der Waals surface area contributed by atoms with E-state index in [0.717, 1.165) is 0 Å². The van der Waals surface area contributed by atoms with E-state index in [9.17, 15) is 0 Å². The van der Waals surface area contributed by atoms with Gasteiger partial charge in [-0.15, -0.1) is 0 Å². The molecule has 66 valence electrons. The van der Waals surface area contributed by atoms with Crippen LogP contribution in [0.1, 0.15) is 37.8 Å². The number of piperidine rings is 1. The fourth-order valence-corrected chi connectivity index (χ4v) is 1.87. The highest BCUT2D eigenvalue weighted by Crippen LogP contribution is 2.25. The highest BCUT2D eigenvalue weighted by Gasteiger charge is 2.19. The van der Waals surface area contributed by atoms with Crippen LogP contribution in [0.5, 0.6) is 0 Å². The van der Waals surface area contributed by atoms with E-state index in [1.54, 1.807) is 6.26 Å². The minimum Gasteiger partial charge on any atom is -0.472 e. The fourth-order valence-electron chi connectivity index (χ4n) is 1.87. The van der Waals surface area contributed by atoms with Crippen LogP contribution in [0.15, 0.2) is 23.0 Å². The second-order valence-electron chi connectivity index (χ2n) is 3.61. The van der Waals surface area contributed by atoms with Gasteiger partial charge in [0.25, 0.3) is 0 Å². The third-order valence-electron chi connectivity index (χ3n) is 2.56. The lowest BCUT2D eigenvalue weighted by Crippen LogP contribution is -2.34. The monoisotopic (exact) mass is 165 g/mol. The summed E-state index contributed by atoms with van der Waals surface area (Å²) in [4.78, 5) is 0. The standard InChI is InChI=1S/C10H15NO/c1-8-3-2-4-10(11-8)9-5-6-12-7-9/h5-8,10-11H,2-4H2,1H3. The Morgan fingerprint density at radius 1 is 1.50 bits per heavy atom. The first-order valence-corrected chi connectivity index (χ1v) is 4.64. The van der Waals surface area contributed by atoms with Gasteiger partial charge in [-0.1, -0.05) is 6.42 Å². The van der Waals surface area contributed by atoms with Gasteiger partial charge in [0.05, 0.1) is 12.5 Å². The largest absolute Gasteiger partial charge is 0.472 e. The van der Waals surface area contributed by atoms with Gasteiger partial charge in [-0.05, 0) is 25.8 Å². The van der Waals surface area contributed by atoms with E-state index in [1.165, 1.54) is 24.8 Å². The van der Waals surface area contributed by atoms with Crippen LogP contribution < -0.4 is 5.32 Å². The van der Waals surface area contributed by atoms with Crippen LogP contribution in [-0.2, 0) is 0 Å². The van der Waals surface area contributed by atoms with Crippen molar-refractivity contribution < 1.29 is 4.42 Å². The summed E-state index contributed by atoms with van der Waals surface area (Å²) in [6.07, 6.45) is 7.45. The van der Waals surface area contributed by atoms with E-state index in [0.29, 0.717) is 12.1 Å². The Hall–Kier alpha value is -0.760. The Morgan fingerprint density at radius 2 is 2.42 bits per heavy atom. The quantitative estimate of drug-likeness (QED) is 0.691. The van der Waals surface area contributed by atoms with E-state index in [4.69, 9.17) is 4.42 Å². The summed E-state index contributed by atoms with van der Waals surface area (Å²) in [5.41, 5.74) is 1.29. The molecule has 2 rings (SSSR count). The molecule has 1 saturated heterocycles. The van der Waals surface area contributed by atoms with E-state index >= 15 is 0 Å². The molecule has 1 aromatic rings. The number of furan rings is 1. The molecule has 2 heterocycles. The number of hydrogen-bond acceptors (Lipinski definition) is 2. The summed E-state index contributed by atoms with van der Waals surface area (Å²) in [6, 6.07) is 3.22. The lowest BCUT2D eigenvalue weighted by Gasteiger charge is -2.27. The molecular formula is C10H15NO. The van der Waals surface area contributed by atoms with Crippen molar-refractivity contribution in [1.29, 1.82) is 0 Å². The topological polar surface area (TPSA) is 25.2 Å². The molecular weight excluding hydrogens is 150 g/mol. The van der Waals surface area contributed by atoms with Crippen molar-refractivity contribution in [3.63, 3.8) is 0 Å². The van der Waals surface area contributed by atoms with Crippen molar-refractivity contribution >= 4 is 0 Å². The van der Waals surface area contributed by atoms with Gasteiger partial charge in [-0.3, -0.25) is 0 Å². The number of rotatable bonds is 1. The first kappa shape index (κ1) is 7.87. The predicted molar refractivity (Wildman–Crippen MR) is 47.9 cm³/mol. The molecule has 12 heavy (non-hydrogen) atoms. The number of nitrogens with one attached hydrogen (secondary N) is 1. The average Bonchev–Trinajstić information content (AvgIpc) is 2.56. The summed E-state index contributed by atoms with van der Waals surface area (Å²) in [6.45, 7) is 2.24. The molecule has 2 heteroatoms. The highest BCUT2D eigenvalue weighted by molar-refractivity contribution is 5.12. The molecule has 0 radical (unpaired) electrons. The molecule has 1 N–H and O–H groups in total. The van der Waals surface area contributed by atoms with E-state index in [1.807, 2.05) is 6.26 Å². The first-order valence-electron chi connectivity index (χ1n) is 4.64. The van der Waals surface area contributed by atoms with Crippen molar-refractivity contribution in [3.8, 4) is 0 Å². The molecule has 0 saturated carbocycles. The summed E-state index contributed by atoms with van der Waals surface area (Å²) in [5.74, 6) is 0. The van der Waals surface area contributed by atoms with Crippen LogP contribution in [0.25, 0.3) is 0 Å². The molecule has 0 bridgehead atoms. The molecule has 1 aromatic heterocycles. The van der Waals surface area contributed by atoms with Crippen molar-refractivity contribution in [1.82, 2.24) is 5.32 Å². The summed E-state index contributed by atoms with van der Waals surface area (Å²) < 4.78 is 5.06. The minimum atomic E-state index is 0.521. The Bertz CT molecular complexity index is 230. The summed E-state index contributed by atoms with van der Waals surface area (Å²) in [7, 11) is 0. The first-order chi connectivity index (χ1) is 5.86. The van der Waals surface area contributed by atoms with Gasteiger partial charge in [0.2, 0.25) is 0 Å². The highest BCUT2D eigenvalue weighted by atomic mass is 16.3. The van der Waals surface area contributed by atoms with Gasteiger partial charge in [0, 0.05) is 17.6 Å². The van der Waals surface area contributed by atoms with Crippen LogP contribution in [0.3, 0.4) is 0 Å². The molecule has 1 aliphatic heterocycles. The molecule has 2 unspecified atom stereocenters. The molecule has 2 nitrogen and oxygen atoms in total. The number of hydrogen-bond donors (Lipinski definition) is 1. The van der Waals surface area contributed by atoms with Gasteiger partial charge < -0.3 is 9.73 Å². The molecule has 0 amide bonds. The summed E-state index contributed by atoms with van der Waals surface area (Å²) in [5, 5.41) is 3.56. The van der Waals surface area contributed by atoms with Gasteiger partial charge in [0.1, 0.15) is 0 Å². The van der Waals surface area contributed by atoms with Gasteiger partial charge in [-0.2, -0.15) is 0 Å². The Morgan fingerprint density at radius 3 is 3.08 bits per heavy atom. The smallest absolute Gasteiger partial charge is 0.0950 e. The van der Waals surface area contributed by atoms with Crippen molar-refractivity contribution in [2.24, 2.45) is 0 Å². The summed E-state index contributed by atoms with van der Waals surface area (Å²) >= 11 is 0. The van der Waals surface area contributed by atoms with E-state index in [2.05, 4.69) is 18.3 Å². The van der Waals surface area contributed by atoms with Crippen LogP contribution in [0.2, 0.25) is 0 Å². The molecule has 1 fully saturated rings. The van der Waals surface area contributed by atoms with Crippen LogP contribution in [-0.4, -0.2) is 6.04 Å². The average molecular weight is 165 g/mol. The van der Waals surface area contributed by atoms with Gasteiger partial charge >= 0.3 is 0 Å². The zero-order valence-electron chi connectivity index (χ0n) is 7.42. The van der Waals surface area contributed by atoms with E-state index < -0.39 is 0 Å². The van der Waals surface area contributed by atoms with Crippen LogP contribution in [0.4, 0.5) is 0 Å². The second kappa shape index (κ2) is 3.31. The second-order valence-corrected chi connectivity index (χ2v) is 3.61. The maximum atomic E-state index is 5.06. The molecule has 0 aliphatic carbocycles. The van der Waals surface area contributed by atoms with Crippen molar-refractivity contribution in [3.05, 3.63) is 24.2 Å². The Balaban J connectivity index is 2.04. The molecule has 0 aromatic carbocycles. The Labute approximate surface area is 73.0 Å². The van der Waals surface area contributed by atoms with Crippen molar-refractivity contribution in [2.75, 3.05) is 0 Å². The predicted octanol–water partition coefficient (Wildman–Crippen LogP) is 2.48. The third kappa shape index (κ3) is 1.53. The van der Waals surface area contributed by atoms with Gasteiger partial charge in [0.15, 0.2) is 0 Å². The molecule has 1 aliphatic rings. The zero-order valence-corrected chi connectivity index (χ0v) is 7.42. The maximum Gasteiger partial charge on any atom is 0.0950 e. The fraction of sp³-hybridized carbons (Fsp3) is 0.600. The van der Waals surface area contributed by atoms with Gasteiger partial charge in [-0.25, -0.2) is 0 Å². The minimum absolute atomic E-state index is 0.521. The van der Waals surface area contributed by atoms with Crippen LogP contribution >= 0.6 is 0 Å². The normalized spacial score (nSPS) is 30.4. The Kier molecular flexibility index (Phi) is 2.17. The molecule has 0 spiro atoms. The van der Waals surface area contributed by atoms with E-state index in [-0.39, 0.29) is 0 Å². The SMILES string of the molecule is CC1CCCC(c2ccoc2)N1. The lowest BCUT2D eigenvalue weighted by atomic mass is 9.96. The maximum absolute atomic E-state index is 5.06. The van der Waals surface area contributed by atoms with Crippen LogP contribution in [0, 0.1) is 0 Å². The van der Waals surface area contributed by atoms with Crippen molar-refractivity contribution in [2.45, 2.75) is 38.3 Å².